The van der Waals surface area contributed by atoms with E-state index >= 15 is 0 Å². The smallest absolute Gasteiger partial charge is 0.323 e. The van der Waals surface area contributed by atoms with Crippen LogP contribution in [0.4, 0.5) is 13.2 Å². The first-order valence-electron chi connectivity index (χ1n) is 6.24. The monoisotopic (exact) mass is 280 g/mol. The number of nitrogens with zero attached hydrogens (tertiary/aromatic N) is 1. The van der Waals surface area contributed by atoms with Gasteiger partial charge < -0.3 is 5.73 Å². The fourth-order valence-electron chi connectivity index (χ4n) is 2.14. The lowest BCUT2D eigenvalue weighted by Gasteiger charge is -2.23. The van der Waals surface area contributed by atoms with Gasteiger partial charge in [0.25, 0.3) is 0 Å². The minimum Gasteiger partial charge on any atom is -0.323 e. The van der Waals surface area contributed by atoms with Gasteiger partial charge in [0, 0.05) is 23.9 Å². The fourth-order valence-corrected chi connectivity index (χ4v) is 2.14. The molecule has 2 nitrogen and oxygen atoms in total. The van der Waals surface area contributed by atoms with Crippen LogP contribution in [0.25, 0.3) is 0 Å². The normalized spacial score (nSPS) is 14.8. The first-order valence-corrected chi connectivity index (χ1v) is 6.24. The number of benzene rings is 1. The molecule has 0 amide bonds. The van der Waals surface area contributed by atoms with Crippen LogP contribution >= 0.6 is 0 Å². The van der Waals surface area contributed by atoms with Gasteiger partial charge in [-0.25, -0.2) is 0 Å². The topological polar surface area (TPSA) is 38.9 Å². The predicted octanol–water partition coefficient (Wildman–Crippen LogP) is 3.90. The van der Waals surface area contributed by atoms with E-state index in [9.17, 15) is 13.2 Å². The molecule has 5 heteroatoms. The van der Waals surface area contributed by atoms with E-state index in [1.165, 1.54) is 12.1 Å². The van der Waals surface area contributed by atoms with Crippen LogP contribution < -0.4 is 5.73 Å². The van der Waals surface area contributed by atoms with Crippen molar-refractivity contribution in [3.8, 4) is 0 Å². The third kappa shape index (κ3) is 2.99. The maximum Gasteiger partial charge on any atom is 0.416 e. The van der Waals surface area contributed by atoms with E-state index in [0.29, 0.717) is 5.69 Å². The Hall–Kier alpha value is -1.88. The van der Waals surface area contributed by atoms with Gasteiger partial charge in [0.1, 0.15) is 0 Å². The van der Waals surface area contributed by atoms with E-state index in [1.54, 1.807) is 37.4 Å². The second-order valence-corrected chi connectivity index (χ2v) is 4.65. The highest BCUT2D eigenvalue weighted by molar-refractivity contribution is 5.34. The predicted molar refractivity (Wildman–Crippen MR) is 71.0 cm³/mol. The largest absolute Gasteiger partial charge is 0.416 e. The average molecular weight is 280 g/mol. The van der Waals surface area contributed by atoms with Gasteiger partial charge in [-0.05, 0) is 23.8 Å². The molecular formula is C15H15F3N2. The fraction of sp³-hybridized carbons (Fsp3) is 0.267. The van der Waals surface area contributed by atoms with Crippen molar-refractivity contribution in [1.82, 2.24) is 4.98 Å². The summed E-state index contributed by atoms with van der Waals surface area (Å²) in [5.41, 5.74) is 6.12. The van der Waals surface area contributed by atoms with E-state index in [2.05, 4.69) is 4.98 Å². The minimum atomic E-state index is -4.40. The summed E-state index contributed by atoms with van der Waals surface area (Å²) < 4.78 is 39.0. The second-order valence-electron chi connectivity index (χ2n) is 4.65. The van der Waals surface area contributed by atoms with Crippen LogP contribution in [0.2, 0.25) is 0 Å². The number of rotatable bonds is 3. The van der Waals surface area contributed by atoms with Crippen LogP contribution in [0.15, 0.2) is 48.7 Å². The number of halogens is 3. The summed E-state index contributed by atoms with van der Waals surface area (Å²) >= 11 is 0. The molecule has 0 aliphatic rings. The molecule has 2 atom stereocenters. The van der Waals surface area contributed by atoms with Crippen molar-refractivity contribution in [1.29, 1.82) is 0 Å². The molecule has 2 aromatic rings. The van der Waals surface area contributed by atoms with E-state index in [-0.39, 0.29) is 11.5 Å². The molecule has 2 unspecified atom stereocenters. The van der Waals surface area contributed by atoms with E-state index in [4.69, 9.17) is 5.73 Å². The average Bonchev–Trinajstić information content (AvgIpc) is 2.46. The highest BCUT2D eigenvalue weighted by Crippen LogP contribution is 2.37. The van der Waals surface area contributed by atoms with Crippen molar-refractivity contribution in [3.05, 3.63) is 65.5 Å². The standard InChI is InChI=1S/C15H15F3N2/c1-10(13-8-4-5-9-20-13)14(19)11-6-2-3-7-12(11)15(16,17)18/h2-10,14H,19H2,1H3. The van der Waals surface area contributed by atoms with Gasteiger partial charge in [-0.2, -0.15) is 13.2 Å². The summed E-state index contributed by atoms with van der Waals surface area (Å²) in [5.74, 6) is -0.306. The van der Waals surface area contributed by atoms with Crippen molar-refractivity contribution in [3.63, 3.8) is 0 Å². The van der Waals surface area contributed by atoms with E-state index in [0.717, 1.165) is 6.07 Å². The lowest BCUT2D eigenvalue weighted by molar-refractivity contribution is -0.138. The zero-order valence-electron chi connectivity index (χ0n) is 10.9. The number of nitrogens with two attached hydrogens (primary N) is 1. The van der Waals surface area contributed by atoms with Gasteiger partial charge in [0.2, 0.25) is 0 Å². The number of alkyl halides is 3. The molecule has 0 bridgehead atoms. The molecule has 0 aliphatic carbocycles. The molecule has 0 spiro atoms. The Kier molecular flexibility index (Phi) is 4.09. The summed E-state index contributed by atoms with van der Waals surface area (Å²) in [5, 5.41) is 0. The molecule has 0 radical (unpaired) electrons. The van der Waals surface area contributed by atoms with Gasteiger partial charge in [-0.1, -0.05) is 31.2 Å². The van der Waals surface area contributed by atoms with Crippen LogP contribution in [0.5, 0.6) is 0 Å². The molecule has 2 rings (SSSR count). The van der Waals surface area contributed by atoms with Crippen molar-refractivity contribution in [2.75, 3.05) is 0 Å². The number of aromatic nitrogens is 1. The molecule has 0 saturated heterocycles. The number of hydrogen-bond acceptors (Lipinski definition) is 2. The quantitative estimate of drug-likeness (QED) is 0.926. The van der Waals surface area contributed by atoms with Crippen molar-refractivity contribution in [2.24, 2.45) is 5.73 Å². The van der Waals surface area contributed by atoms with Gasteiger partial charge in [-0.15, -0.1) is 0 Å². The molecule has 0 fully saturated rings. The molecular weight excluding hydrogens is 265 g/mol. The molecule has 20 heavy (non-hydrogen) atoms. The van der Waals surface area contributed by atoms with Gasteiger partial charge >= 0.3 is 6.18 Å². The highest BCUT2D eigenvalue weighted by Gasteiger charge is 2.35. The summed E-state index contributed by atoms with van der Waals surface area (Å²) in [6.45, 7) is 1.78. The third-order valence-corrected chi connectivity index (χ3v) is 3.32. The Morgan fingerprint density at radius 1 is 1.05 bits per heavy atom. The summed E-state index contributed by atoms with van der Waals surface area (Å²) in [6, 6.07) is 9.96. The molecule has 2 N–H and O–H groups in total. The first kappa shape index (κ1) is 14.5. The van der Waals surface area contributed by atoms with Gasteiger partial charge in [0.05, 0.1) is 5.56 Å². The Morgan fingerprint density at radius 2 is 1.70 bits per heavy atom. The Bertz CT molecular complexity index is 567. The third-order valence-electron chi connectivity index (χ3n) is 3.32. The molecule has 1 aromatic heterocycles. The van der Waals surface area contributed by atoms with Crippen LogP contribution in [-0.2, 0) is 6.18 Å². The Morgan fingerprint density at radius 3 is 2.30 bits per heavy atom. The van der Waals surface area contributed by atoms with E-state index < -0.39 is 17.8 Å². The molecule has 106 valence electrons. The maximum absolute atomic E-state index is 13.0. The summed E-state index contributed by atoms with van der Waals surface area (Å²) in [4.78, 5) is 4.16. The van der Waals surface area contributed by atoms with Crippen molar-refractivity contribution in [2.45, 2.75) is 25.1 Å². The van der Waals surface area contributed by atoms with E-state index in [1.807, 2.05) is 0 Å². The highest BCUT2D eigenvalue weighted by atomic mass is 19.4. The summed E-state index contributed by atoms with van der Waals surface area (Å²) in [7, 11) is 0. The van der Waals surface area contributed by atoms with Crippen LogP contribution in [0.3, 0.4) is 0 Å². The SMILES string of the molecule is CC(c1ccccn1)C(N)c1ccccc1C(F)(F)F. The zero-order chi connectivity index (χ0) is 14.8. The van der Waals surface area contributed by atoms with Gasteiger partial charge in [-0.3, -0.25) is 4.98 Å². The Balaban J connectivity index is 2.37. The van der Waals surface area contributed by atoms with Crippen molar-refractivity contribution >= 4 is 0 Å². The molecule has 1 heterocycles. The zero-order valence-corrected chi connectivity index (χ0v) is 10.9. The lowest BCUT2D eigenvalue weighted by Crippen LogP contribution is -2.22. The maximum atomic E-state index is 13.0. The number of pyridine rings is 1. The summed E-state index contributed by atoms with van der Waals surface area (Å²) in [6.07, 6.45) is -2.80. The molecule has 0 aliphatic heterocycles. The number of hydrogen-bond donors (Lipinski definition) is 1. The first-order chi connectivity index (χ1) is 9.41. The second kappa shape index (κ2) is 5.63. The van der Waals surface area contributed by atoms with Crippen molar-refractivity contribution < 1.29 is 13.2 Å². The minimum absolute atomic E-state index is 0.0955. The molecule has 0 saturated carbocycles. The lowest BCUT2D eigenvalue weighted by atomic mass is 9.89. The van der Waals surface area contributed by atoms with Crippen LogP contribution in [0, 0.1) is 0 Å². The molecule has 1 aromatic carbocycles. The Labute approximate surface area is 115 Å². The van der Waals surface area contributed by atoms with Crippen LogP contribution in [-0.4, -0.2) is 4.98 Å². The van der Waals surface area contributed by atoms with Crippen LogP contribution in [0.1, 0.15) is 35.7 Å². The van der Waals surface area contributed by atoms with Gasteiger partial charge in [0.15, 0.2) is 0 Å².